The molecule has 64 valence electrons. The van der Waals surface area contributed by atoms with Crippen molar-refractivity contribution in [3.8, 4) is 0 Å². The fourth-order valence-electron chi connectivity index (χ4n) is 0.453. The van der Waals surface area contributed by atoms with Crippen LogP contribution in [0.3, 0.4) is 0 Å². The molecule has 0 radical (unpaired) electrons. The first kappa shape index (κ1) is 12.7. The molecule has 1 heteroatoms. The molecule has 1 nitrogen and oxygen atoms in total. The third kappa shape index (κ3) is 9.02. The third-order valence-corrected chi connectivity index (χ3v) is 0.800. The molecule has 0 saturated heterocycles. The van der Waals surface area contributed by atoms with E-state index in [0.29, 0.717) is 0 Å². The van der Waals surface area contributed by atoms with Gasteiger partial charge < -0.3 is 5.73 Å². The fourth-order valence-corrected chi connectivity index (χ4v) is 0.453. The van der Waals surface area contributed by atoms with Gasteiger partial charge >= 0.3 is 0 Å². The number of rotatable bonds is 0. The Morgan fingerprint density at radius 2 is 1.45 bits per heavy atom. The molecule has 1 rings (SSSR count). The first-order chi connectivity index (χ1) is 4.81. The van der Waals surface area contributed by atoms with Crippen molar-refractivity contribution in [1.29, 1.82) is 0 Å². The van der Waals surface area contributed by atoms with Crippen molar-refractivity contribution in [3.63, 3.8) is 0 Å². The van der Waals surface area contributed by atoms with E-state index in [1.54, 1.807) is 0 Å². The van der Waals surface area contributed by atoms with Crippen LogP contribution in [-0.2, 0) is 0 Å². The van der Waals surface area contributed by atoms with Crippen LogP contribution in [-0.4, -0.2) is 0 Å². The van der Waals surface area contributed by atoms with Gasteiger partial charge in [0.05, 0.1) is 0 Å². The summed E-state index contributed by atoms with van der Waals surface area (Å²) in [4.78, 5) is 0. The van der Waals surface area contributed by atoms with Crippen LogP contribution in [0.25, 0.3) is 0 Å². The quantitative estimate of drug-likeness (QED) is 0.568. The van der Waals surface area contributed by atoms with Crippen LogP contribution < -0.4 is 5.73 Å². The second-order valence-electron chi connectivity index (χ2n) is 2.12. The lowest BCUT2D eigenvalue weighted by Crippen LogP contribution is -1.79. The minimum Gasteiger partial charge on any atom is -0.399 e. The molecular weight excluding hydrogens is 134 g/mol. The number of hydrogen-bond donors (Lipinski definition) is 1. The highest BCUT2D eigenvalue weighted by atomic mass is 14.5. The zero-order valence-electron chi connectivity index (χ0n) is 6.67. The monoisotopic (exact) mass is 153 g/mol. The van der Waals surface area contributed by atoms with Gasteiger partial charge in [0.25, 0.3) is 0 Å². The molecule has 11 heavy (non-hydrogen) atoms. The van der Waals surface area contributed by atoms with Crippen molar-refractivity contribution in [2.45, 2.75) is 27.7 Å². The Bertz CT molecular complexity index is 146. The van der Waals surface area contributed by atoms with Crippen LogP contribution in [0.2, 0.25) is 0 Å². The standard InChI is InChI=1S/C6H7N.C3H8.CH4/c7-6-4-2-1-3-5-6;1-3-2;/h1-5H,7H2;3H2,1-2H3;1H4. The number of benzene rings is 1. The number of para-hydroxylation sites is 1. The van der Waals surface area contributed by atoms with Crippen molar-refractivity contribution >= 4 is 5.69 Å². The van der Waals surface area contributed by atoms with E-state index < -0.39 is 0 Å². The van der Waals surface area contributed by atoms with Gasteiger partial charge in [-0.25, -0.2) is 0 Å². The highest BCUT2D eigenvalue weighted by Gasteiger charge is 1.72. The van der Waals surface area contributed by atoms with E-state index >= 15 is 0 Å². The van der Waals surface area contributed by atoms with Crippen LogP contribution >= 0.6 is 0 Å². The Balaban J connectivity index is 0. The van der Waals surface area contributed by atoms with Gasteiger partial charge in [-0.05, 0) is 12.1 Å². The van der Waals surface area contributed by atoms with Gasteiger partial charge in [0.1, 0.15) is 0 Å². The van der Waals surface area contributed by atoms with Gasteiger partial charge in [-0.1, -0.05) is 45.9 Å². The maximum absolute atomic E-state index is 5.36. The molecule has 1 aromatic carbocycles. The minimum atomic E-state index is 0. The summed E-state index contributed by atoms with van der Waals surface area (Å²) in [6, 6.07) is 9.49. The first-order valence-electron chi connectivity index (χ1n) is 3.61. The Hall–Kier alpha value is -0.980. The number of hydrogen-bond acceptors (Lipinski definition) is 1. The van der Waals surface area contributed by atoms with E-state index in [0.717, 1.165) is 5.69 Å². The maximum atomic E-state index is 5.36. The molecule has 0 saturated carbocycles. The molecule has 0 unspecified atom stereocenters. The van der Waals surface area contributed by atoms with Gasteiger partial charge in [0, 0.05) is 5.69 Å². The van der Waals surface area contributed by atoms with Crippen molar-refractivity contribution < 1.29 is 0 Å². The number of nitrogens with two attached hydrogens (primary N) is 1. The lowest BCUT2D eigenvalue weighted by molar-refractivity contribution is 1.09. The zero-order valence-corrected chi connectivity index (χ0v) is 6.67. The van der Waals surface area contributed by atoms with Crippen LogP contribution in [0, 0.1) is 0 Å². The summed E-state index contributed by atoms with van der Waals surface area (Å²) in [5, 5.41) is 0. The molecule has 0 bridgehead atoms. The molecule has 0 atom stereocenters. The summed E-state index contributed by atoms with van der Waals surface area (Å²) in [7, 11) is 0. The van der Waals surface area contributed by atoms with Crippen molar-refractivity contribution in [2.24, 2.45) is 0 Å². The SMILES string of the molecule is C.CCC.Nc1ccccc1. The molecule has 0 aliphatic heterocycles. The minimum absolute atomic E-state index is 0. The van der Waals surface area contributed by atoms with Crippen LogP contribution in [0.5, 0.6) is 0 Å². The summed E-state index contributed by atoms with van der Waals surface area (Å²) in [6.45, 7) is 4.25. The van der Waals surface area contributed by atoms with E-state index in [1.807, 2.05) is 30.3 Å². The third-order valence-electron chi connectivity index (χ3n) is 0.800. The van der Waals surface area contributed by atoms with Gasteiger partial charge in [-0.15, -0.1) is 0 Å². The predicted molar refractivity (Wildman–Crippen MR) is 53.6 cm³/mol. The molecule has 0 amide bonds. The van der Waals surface area contributed by atoms with Crippen LogP contribution in [0.1, 0.15) is 27.7 Å². The van der Waals surface area contributed by atoms with Gasteiger partial charge in [0.2, 0.25) is 0 Å². The van der Waals surface area contributed by atoms with Gasteiger partial charge in [-0.3, -0.25) is 0 Å². The second kappa shape index (κ2) is 9.02. The topological polar surface area (TPSA) is 26.0 Å². The molecule has 0 spiro atoms. The van der Waals surface area contributed by atoms with Crippen molar-refractivity contribution in [1.82, 2.24) is 0 Å². The summed E-state index contributed by atoms with van der Waals surface area (Å²) in [5.74, 6) is 0. The van der Waals surface area contributed by atoms with E-state index in [1.165, 1.54) is 6.42 Å². The molecule has 1 aromatic rings. The lowest BCUT2D eigenvalue weighted by atomic mass is 10.3. The largest absolute Gasteiger partial charge is 0.399 e. The Labute approximate surface area is 70.2 Å². The smallest absolute Gasteiger partial charge is 0.0313 e. The van der Waals surface area contributed by atoms with E-state index in [-0.39, 0.29) is 7.43 Å². The summed E-state index contributed by atoms with van der Waals surface area (Å²) >= 11 is 0. The Morgan fingerprint density at radius 3 is 1.64 bits per heavy atom. The molecule has 0 heterocycles. The van der Waals surface area contributed by atoms with Crippen molar-refractivity contribution in [3.05, 3.63) is 30.3 Å². The van der Waals surface area contributed by atoms with E-state index in [9.17, 15) is 0 Å². The molecule has 2 N–H and O–H groups in total. The number of nitrogen functional groups attached to an aromatic ring is 1. The number of anilines is 1. The average molecular weight is 153 g/mol. The second-order valence-corrected chi connectivity index (χ2v) is 2.12. The Morgan fingerprint density at radius 1 is 1.09 bits per heavy atom. The molecule has 0 aliphatic rings. The molecule has 0 aromatic heterocycles. The van der Waals surface area contributed by atoms with E-state index in [4.69, 9.17) is 5.73 Å². The summed E-state index contributed by atoms with van der Waals surface area (Å²) < 4.78 is 0. The zero-order chi connectivity index (χ0) is 7.82. The maximum Gasteiger partial charge on any atom is 0.0313 e. The highest BCUT2D eigenvalue weighted by molar-refractivity contribution is 5.35. The van der Waals surface area contributed by atoms with E-state index in [2.05, 4.69) is 13.8 Å². The molecular formula is C10H19N. The van der Waals surface area contributed by atoms with Crippen LogP contribution in [0.15, 0.2) is 30.3 Å². The van der Waals surface area contributed by atoms with Crippen LogP contribution in [0.4, 0.5) is 5.69 Å². The first-order valence-corrected chi connectivity index (χ1v) is 3.61. The van der Waals surface area contributed by atoms with Gasteiger partial charge in [-0.2, -0.15) is 0 Å². The fraction of sp³-hybridized carbons (Fsp3) is 0.400. The summed E-state index contributed by atoms with van der Waals surface area (Å²) in [6.07, 6.45) is 1.25. The normalized spacial score (nSPS) is 7.09. The molecule has 0 fully saturated rings. The van der Waals surface area contributed by atoms with Gasteiger partial charge in [0.15, 0.2) is 0 Å². The lowest BCUT2D eigenvalue weighted by Gasteiger charge is -1.83. The van der Waals surface area contributed by atoms with Crippen molar-refractivity contribution in [2.75, 3.05) is 5.73 Å². The molecule has 0 aliphatic carbocycles. The average Bonchev–Trinajstić information content (AvgIpc) is 1.91. The Kier molecular flexibility index (Phi) is 10.4. The highest BCUT2D eigenvalue weighted by Crippen LogP contribution is 1.95. The predicted octanol–water partition coefficient (Wildman–Crippen LogP) is 3.32. The summed E-state index contributed by atoms with van der Waals surface area (Å²) in [5.41, 5.74) is 6.18.